The largest absolute Gasteiger partial charge is 0.340 e. The number of amides is 3. The first-order valence-electron chi connectivity index (χ1n) is 8.69. The quantitative estimate of drug-likeness (QED) is 0.805. The molecule has 8 heteroatoms. The molecule has 3 rings (SSSR count). The molecule has 25 heavy (non-hydrogen) atoms. The smallest absolute Gasteiger partial charge is 0.261 e. The summed E-state index contributed by atoms with van der Waals surface area (Å²) in [4.78, 5) is 41.2. The number of likely N-dealkylation sites (tertiary alicyclic amines) is 1. The van der Waals surface area contributed by atoms with Gasteiger partial charge in [-0.3, -0.25) is 14.4 Å². The van der Waals surface area contributed by atoms with Gasteiger partial charge in [0, 0.05) is 32.2 Å². The maximum atomic E-state index is 12.7. The van der Waals surface area contributed by atoms with Crippen LogP contribution in [-0.2, 0) is 9.59 Å². The molecule has 2 atom stereocenters. The summed E-state index contributed by atoms with van der Waals surface area (Å²) in [5, 5.41) is 7.68. The molecule has 3 amide bonds. The van der Waals surface area contributed by atoms with Gasteiger partial charge in [0.1, 0.15) is 6.04 Å². The van der Waals surface area contributed by atoms with Gasteiger partial charge in [-0.25, -0.2) is 0 Å². The van der Waals surface area contributed by atoms with Crippen LogP contribution in [0.15, 0.2) is 17.5 Å². The van der Waals surface area contributed by atoms with Gasteiger partial charge in [0.2, 0.25) is 11.8 Å². The number of hydrogen-bond donors (Lipinski definition) is 2. The first kappa shape index (κ1) is 17.9. The van der Waals surface area contributed by atoms with Crippen molar-refractivity contribution in [3.05, 3.63) is 22.4 Å². The van der Waals surface area contributed by atoms with E-state index in [1.807, 2.05) is 16.3 Å². The van der Waals surface area contributed by atoms with Crippen molar-refractivity contribution in [3.63, 3.8) is 0 Å². The molecule has 0 bridgehead atoms. The molecule has 0 radical (unpaired) electrons. The number of piperazine rings is 1. The summed E-state index contributed by atoms with van der Waals surface area (Å²) in [6.07, 6.45) is 1.80. The Kier molecular flexibility index (Phi) is 5.70. The normalized spacial score (nSPS) is 22.6. The lowest BCUT2D eigenvalue weighted by Crippen LogP contribution is -2.59. The highest BCUT2D eigenvalue weighted by molar-refractivity contribution is 7.12. The highest BCUT2D eigenvalue weighted by Gasteiger charge is 2.33. The van der Waals surface area contributed by atoms with Crippen molar-refractivity contribution in [2.24, 2.45) is 0 Å². The molecule has 2 saturated heterocycles. The van der Waals surface area contributed by atoms with Crippen LogP contribution in [0, 0.1) is 0 Å². The van der Waals surface area contributed by atoms with Crippen molar-refractivity contribution in [2.75, 3.05) is 32.7 Å². The van der Waals surface area contributed by atoms with Crippen LogP contribution in [0.3, 0.4) is 0 Å². The van der Waals surface area contributed by atoms with Gasteiger partial charge in [0.25, 0.3) is 5.91 Å². The van der Waals surface area contributed by atoms with Crippen LogP contribution >= 0.6 is 11.3 Å². The van der Waals surface area contributed by atoms with Crippen LogP contribution in [0.5, 0.6) is 0 Å². The van der Waals surface area contributed by atoms with Gasteiger partial charge in [0.15, 0.2) is 0 Å². The van der Waals surface area contributed by atoms with E-state index in [2.05, 4.69) is 10.6 Å². The third-order valence-corrected chi connectivity index (χ3v) is 5.61. The lowest BCUT2D eigenvalue weighted by atomic mass is 10.0. The zero-order valence-corrected chi connectivity index (χ0v) is 15.2. The minimum Gasteiger partial charge on any atom is -0.340 e. The Morgan fingerprint density at radius 2 is 2.24 bits per heavy atom. The van der Waals surface area contributed by atoms with Crippen molar-refractivity contribution >= 4 is 29.1 Å². The Morgan fingerprint density at radius 3 is 2.96 bits per heavy atom. The summed E-state index contributed by atoms with van der Waals surface area (Å²) in [6.45, 7) is 4.80. The standard InChI is InChI=1S/C17H24N4O3S/c1-12(19-16(23)14-5-3-9-25-14)17(24)20-7-2-4-13(11-20)21-8-6-18-10-15(21)22/h3,5,9,12-13,18H,2,4,6-8,10-11H2,1H3,(H,19,23). The molecular formula is C17H24N4O3S. The third-order valence-electron chi connectivity index (χ3n) is 4.74. The van der Waals surface area contributed by atoms with Gasteiger partial charge in [-0.05, 0) is 31.2 Å². The van der Waals surface area contributed by atoms with Crippen LogP contribution in [0.25, 0.3) is 0 Å². The Balaban J connectivity index is 1.57. The Morgan fingerprint density at radius 1 is 1.40 bits per heavy atom. The maximum absolute atomic E-state index is 12.7. The summed E-state index contributed by atoms with van der Waals surface area (Å²) in [7, 11) is 0. The van der Waals surface area contributed by atoms with Crippen molar-refractivity contribution < 1.29 is 14.4 Å². The molecule has 0 saturated carbocycles. The number of carbonyl (C=O) groups is 3. The Labute approximate surface area is 151 Å². The van der Waals surface area contributed by atoms with E-state index in [-0.39, 0.29) is 23.8 Å². The number of nitrogens with zero attached hydrogens (tertiary/aromatic N) is 2. The minimum atomic E-state index is -0.577. The molecule has 2 aliphatic rings. The topological polar surface area (TPSA) is 81.8 Å². The van der Waals surface area contributed by atoms with Crippen LogP contribution in [-0.4, -0.2) is 72.3 Å². The van der Waals surface area contributed by atoms with E-state index in [4.69, 9.17) is 0 Å². The molecule has 1 aromatic rings. The van der Waals surface area contributed by atoms with E-state index >= 15 is 0 Å². The fourth-order valence-corrected chi connectivity index (χ4v) is 4.05. The summed E-state index contributed by atoms with van der Waals surface area (Å²) in [5.74, 6) is -0.205. The molecule has 0 aliphatic carbocycles. The van der Waals surface area contributed by atoms with Crippen molar-refractivity contribution in [1.29, 1.82) is 0 Å². The van der Waals surface area contributed by atoms with E-state index in [9.17, 15) is 14.4 Å². The molecule has 2 unspecified atom stereocenters. The third kappa shape index (κ3) is 4.19. The predicted molar refractivity (Wildman–Crippen MR) is 95.4 cm³/mol. The number of carbonyl (C=O) groups excluding carboxylic acids is 3. The van der Waals surface area contributed by atoms with Gasteiger partial charge >= 0.3 is 0 Å². The van der Waals surface area contributed by atoms with Gasteiger partial charge < -0.3 is 20.4 Å². The fraction of sp³-hybridized carbons (Fsp3) is 0.588. The number of nitrogens with one attached hydrogen (secondary N) is 2. The summed E-state index contributed by atoms with van der Waals surface area (Å²) in [5.41, 5.74) is 0. The van der Waals surface area contributed by atoms with E-state index in [1.165, 1.54) is 11.3 Å². The van der Waals surface area contributed by atoms with Gasteiger partial charge in [0.05, 0.1) is 11.4 Å². The van der Waals surface area contributed by atoms with Gasteiger partial charge in [-0.2, -0.15) is 0 Å². The second kappa shape index (κ2) is 7.97. The maximum Gasteiger partial charge on any atom is 0.261 e. The summed E-state index contributed by atoms with van der Waals surface area (Å²) < 4.78 is 0. The molecule has 2 aliphatic heterocycles. The van der Waals surface area contributed by atoms with Crippen LogP contribution in [0.4, 0.5) is 0 Å². The highest BCUT2D eigenvalue weighted by Crippen LogP contribution is 2.18. The van der Waals surface area contributed by atoms with Crippen molar-refractivity contribution in [1.82, 2.24) is 20.4 Å². The average molecular weight is 364 g/mol. The molecule has 0 spiro atoms. The molecular weight excluding hydrogens is 340 g/mol. The van der Waals surface area contributed by atoms with Crippen molar-refractivity contribution in [2.45, 2.75) is 31.8 Å². The number of rotatable bonds is 4. The highest BCUT2D eigenvalue weighted by atomic mass is 32.1. The summed E-state index contributed by atoms with van der Waals surface area (Å²) >= 11 is 1.35. The Hall–Kier alpha value is -1.93. The van der Waals surface area contributed by atoms with Crippen LogP contribution < -0.4 is 10.6 Å². The fourth-order valence-electron chi connectivity index (χ4n) is 3.43. The van der Waals surface area contributed by atoms with E-state index in [0.29, 0.717) is 31.1 Å². The minimum absolute atomic E-state index is 0.0764. The van der Waals surface area contributed by atoms with E-state index in [0.717, 1.165) is 19.4 Å². The number of thiophene rings is 1. The monoisotopic (exact) mass is 364 g/mol. The first-order chi connectivity index (χ1) is 12.1. The second-order valence-electron chi connectivity index (χ2n) is 6.52. The first-order valence-corrected chi connectivity index (χ1v) is 9.57. The van der Waals surface area contributed by atoms with E-state index in [1.54, 1.807) is 17.9 Å². The number of hydrogen-bond acceptors (Lipinski definition) is 5. The average Bonchev–Trinajstić information content (AvgIpc) is 3.16. The van der Waals surface area contributed by atoms with Gasteiger partial charge in [-0.1, -0.05) is 6.07 Å². The molecule has 1 aromatic heterocycles. The zero-order valence-electron chi connectivity index (χ0n) is 14.4. The van der Waals surface area contributed by atoms with Crippen LogP contribution in [0.1, 0.15) is 29.4 Å². The molecule has 3 heterocycles. The molecule has 7 nitrogen and oxygen atoms in total. The molecule has 0 aromatic carbocycles. The molecule has 2 fully saturated rings. The van der Waals surface area contributed by atoms with Crippen molar-refractivity contribution in [3.8, 4) is 0 Å². The van der Waals surface area contributed by atoms with Crippen LogP contribution in [0.2, 0.25) is 0 Å². The molecule has 136 valence electrons. The van der Waals surface area contributed by atoms with E-state index < -0.39 is 6.04 Å². The number of piperidine rings is 1. The summed E-state index contributed by atoms with van der Waals surface area (Å²) in [6, 6.07) is 3.05. The lowest BCUT2D eigenvalue weighted by molar-refractivity contribution is -0.141. The molecule has 2 N–H and O–H groups in total. The SMILES string of the molecule is CC(NC(=O)c1cccs1)C(=O)N1CCCC(N2CCNCC2=O)C1. The second-order valence-corrected chi connectivity index (χ2v) is 7.46. The lowest BCUT2D eigenvalue weighted by Gasteiger charge is -2.41. The zero-order chi connectivity index (χ0) is 17.8. The van der Waals surface area contributed by atoms with Gasteiger partial charge in [-0.15, -0.1) is 11.3 Å². The Bertz CT molecular complexity index is 634. The predicted octanol–water partition coefficient (Wildman–Crippen LogP) is 0.289.